The van der Waals surface area contributed by atoms with Crippen LogP contribution < -0.4 is 5.32 Å². The summed E-state index contributed by atoms with van der Waals surface area (Å²) in [6.45, 7) is 3.59. The van der Waals surface area contributed by atoms with E-state index < -0.39 is 0 Å². The van der Waals surface area contributed by atoms with Crippen LogP contribution in [-0.4, -0.2) is 39.6 Å². The molecule has 2 amide bonds. The van der Waals surface area contributed by atoms with E-state index in [-0.39, 0.29) is 30.6 Å². The molecule has 1 N–H and O–H groups in total. The molecule has 0 saturated heterocycles. The molecule has 0 atom stereocenters. The minimum absolute atomic E-state index is 0.0462. The molecule has 0 fully saturated rings. The average molecular weight is 427 g/mol. The highest BCUT2D eigenvalue weighted by Gasteiger charge is 2.22. The highest BCUT2D eigenvalue weighted by Crippen LogP contribution is 2.24. The Morgan fingerprint density at radius 2 is 2.03 bits per heavy atom. The van der Waals surface area contributed by atoms with E-state index in [1.54, 1.807) is 28.2 Å². The standard InChI is InChI=1S/C22H23FN4O2S/c1-2-19-18(13-25-27(19)17-5-3-16(23)4-6-17)22(29)24-10-7-21(28)26-11-8-20-15(14-26)9-12-30-20/h3-6,9,12-13H,2,7-8,10-11,14H2,1H3,(H,24,29). The van der Waals surface area contributed by atoms with Crippen LogP contribution in [0.25, 0.3) is 5.69 Å². The number of thiophene rings is 1. The first-order valence-corrected chi connectivity index (χ1v) is 10.9. The Morgan fingerprint density at radius 3 is 2.80 bits per heavy atom. The van der Waals surface area contributed by atoms with Gasteiger partial charge >= 0.3 is 0 Å². The third-order valence-electron chi connectivity index (χ3n) is 5.30. The number of carbonyl (C=O) groups excluding carboxylic acids is 2. The fourth-order valence-electron chi connectivity index (χ4n) is 3.71. The number of benzene rings is 1. The van der Waals surface area contributed by atoms with Crippen LogP contribution in [0.3, 0.4) is 0 Å². The zero-order valence-electron chi connectivity index (χ0n) is 16.7. The molecule has 0 spiro atoms. The molecule has 1 aromatic carbocycles. The summed E-state index contributed by atoms with van der Waals surface area (Å²) >= 11 is 1.74. The Morgan fingerprint density at radius 1 is 1.23 bits per heavy atom. The summed E-state index contributed by atoms with van der Waals surface area (Å²) < 4.78 is 14.8. The lowest BCUT2D eigenvalue weighted by Gasteiger charge is -2.27. The van der Waals surface area contributed by atoms with Gasteiger partial charge in [-0.25, -0.2) is 9.07 Å². The summed E-state index contributed by atoms with van der Waals surface area (Å²) in [6.07, 6.45) is 3.27. The first-order valence-electron chi connectivity index (χ1n) is 10.0. The molecule has 0 aliphatic carbocycles. The Hall–Kier alpha value is -3.00. The minimum Gasteiger partial charge on any atom is -0.351 e. The lowest BCUT2D eigenvalue weighted by atomic mass is 10.1. The maximum Gasteiger partial charge on any atom is 0.254 e. The van der Waals surface area contributed by atoms with E-state index in [4.69, 9.17) is 0 Å². The van der Waals surface area contributed by atoms with Gasteiger partial charge in [0.05, 0.1) is 23.1 Å². The van der Waals surface area contributed by atoms with Gasteiger partial charge in [-0.05, 0) is 54.1 Å². The quantitative estimate of drug-likeness (QED) is 0.657. The highest BCUT2D eigenvalue weighted by molar-refractivity contribution is 7.10. The molecular weight excluding hydrogens is 403 g/mol. The van der Waals surface area contributed by atoms with Gasteiger partial charge in [-0.3, -0.25) is 9.59 Å². The molecule has 1 aliphatic heterocycles. The summed E-state index contributed by atoms with van der Waals surface area (Å²) in [5, 5.41) is 9.20. The maximum absolute atomic E-state index is 13.2. The van der Waals surface area contributed by atoms with Crippen molar-refractivity contribution in [3.8, 4) is 5.69 Å². The number of nitrogens with zero attached hydrogens (tertiary/aromatic N) is 3. The zero-order valence-corrected chi connectivity index (χ0v) is 17.5. The molecule has 0 bridgehead atoms. The maximum atomic E-state index is 13.2. The Labute approximate surface area is 178 Å². The predicted octanol–water partition coefficient (Wildman–Crippen LogP) is 3.34. The summed E-state index contributed by atoms with van der Waals surface area (Å²) in [6, 6.07) is 8.05. The van der Waals surface area contributed by atoms with Gasteiger partial charge in [0, 0.05) is 30.9 Å². The average Bonchev–Trinajstić information content (AvgIpc) is 3.40. The molecule has 0 radical (unpaired) electrons. The number of rotatable bonds is 6. The fourth-order valence-corrected chi connectivity index (χ4v) is 4.60. The van der Waals surface area contributed by atoms with Gasteiger partial charge in [0.1, 0.15) is 5.82 Å². The molecule has 0 saturated carbocycles. The van der Waals surface area contributed by atoms with Gasteiger partial charge < -0.3 is 10.2 Å². The van der Waals surface area contributed by atoms with Crippen LogP contribution in [-0.2, 0) is 24.2 Å². The lowest BCUT2D eigenvalue weighted by Crippen LogP contribution is -2.37. The number of fused-ring (bicyclic) bond motifs is 1. The van der Waals surface area contributed by atoms with Crippen molar-refractivity contribution in [3.05, 3.63) is 69.4 Å². The summed E-state index contributed by atoms with van der Waals surface area (Å²) in [5.74, 6) is -0.535. The van der Waals surface area contributed by atoms with Crippen LogP contribution >= 0.6 is 11.3 Å². The first-order chi connectivity index (χ1) is 14.6. The largest absolute Gasteiger partial charge is 0.351 e. The molecule has 3 aromatic rings. The van der Waals surface area contributed by atoms with Crippen LogP contribution in [0.2, 0.25) is 0 Å². The number of amides is 2. The van der Waals surface area contributed by atoms with Gasteiger partial charge in [-0.15, -0.1) is 11.3 Å². The van der Waals surface area contributed by atoms with Gasteiger partial charge in [0.2, 0.25) is 5.91 Å². The molecule has 6 nitrogen and oxygen atoms in total. The third kappa shape index (κ3) is 4.14. The second-order valence-electron chi connectivity index (χ2n) is 7.19. The van der Waals surface area contributed by atoms with Crippen LogP contribution in [0, 0.1) is 5.82 Å². The number of hydrogen-bond acceptors (Lipinski definition) is 4. The van der Waals surface area contributed by atoms with E-state index in [0.29, 0.717) is 24.2 Å². The first kappa shape index (κ1) is 20.3. The monoisotopic (exact) mass is 426 g/mol. The summed E-state index contributed by atoms with van der Waals surface area (Å²) in [5.41, 5.74) is 3.13. The van der Waals surface area contributed by atoms with Crippen molar-refractivity contribution < 1.29 is 14.0 Å². The molecule has 8 heteroatoms. The molecule has 30 heavy (non-hydrogen) atoms. The Bertz CT molecular complexity index is 1060. The van der Waals surface area contributed by atoms with Crippen molar-refractivity contribution in [1.29, 1.82) is 0 Å². The minimum atomic E-state index is -0.324. The predicted molar refractivity (Wildman–Crippen MR) is 113 cm³/mol. The number of halogens is 1. The number of carbonyl (C=O) groups is 2. The second kappa shape index (κ2) is 8.79. The third-order valence-corrected chi connectivity index (χ3v) is 6.33. The van der Waals surface area contributed by atoms with Crippen molar-refractivity contribution in [2.45, 2.75) is 32.7 Å². The van der Waals surface area contributed by atoms with Gasteiger partial charge in [-0.2, -0.15) is 5.10 Å². The SMILES string of the molecule is CCc1c(C(=O)NCCC(=O)N2CCc3sccc3C2)cnn1-c1ccc(F)cc1. The van der Waals surface area contributed by atoms with Crippen LogP contribution in [0.5, 0.6) is 0 Å². The lowest BCUT2D eigenvalue weighted by molar-refractivity contribution is -0.131. The molecular formula is C22H23FN4O2S. The Balaban J connectivity index is 1.35. The molecule has 156 valence electrons. The van der Waals surface area contributed by atoms with Crippen molar-refractivity contribution >= 4 is 23.2 Å². The van der Waals surface area contributed by atoms with Gasteiger partial charge in [0.15, 0.2) is 0 Å². The second-order valence-corrected chi connectivity index (χ2v) is 8.19. The van der Waals surface area contributed by atoms with Crippen molar-refractivity contribution in [3.63, 3.8) is 0 Å². The number of aromatic nitrogens is 2. The summed E-state index contributed by atoms with van der Waals surface area (Å²) in [7, 11) is 0. The highest BCUT2D eigenvalue weighted by atomic mass is 32.1. The fraction of sp³-hybridized carbons (Fsp3) is 0.318. The Kier molecular flexibility index (Phi) is 5.94. The number of hydrogen-bond donors (Lipinski definition) is 1. The smallest absolute Gasteiger partial charge is 0.254 e. The molecule has 0 unspecified atom stereocenters. The van der Waals surface area contributed by atoms with Crippen molar-refractivity contribution in [2.75, 3.05) is 13.1 Å². The topological polar surface area (TPSA) is 67.2 Å². The molecule has 1 aliphatic rings. The zero-order chi connectivity index (χ0) is 21.1. The summed E-state index contributed by atoms with van der Waals surface area (Å²) in [4.78, 5) is 28.4. The van der Waals surface area contributed by atoms with Crippen LogP contribution in [0.15, 0.2) is 41.9 Å². The van der Waals surface area contributed by atoms with E-state index >= 15 is 0 Å². The van der Waals surface area contributed by atoms with Crippen LogP contribution in [0.1, 0.15) is 39.8 Å². The molecule has 3 heterocycles. The van der Waals surface area contributed by atoms with E-state index in [1.165, 1.54) is 28.8 Å². The van der Waals surface area contributed by atoms with Crippen molar-refractivity contribution in [1.82, 2.24) is 20.0 Å². The van der Waals surface area contributed by atoms with E-state index in [1.807, 2.05) is 11.8 Å². The van der Waals surface area contributed by atoms with E-state index in [2.05, 4.69) is 21.9 Å². The molecule has 4 rings (SSSR count). The van der Waals surface area contributed by atoms with E-state index in [0.717, 1.165) is 18.7 Å². The van der Waals surface area contributed by atoms with Crippen molar-refractivity contribution in [2.24, 2.45) is 0 Å². The molecule has 2 aromatic heterocycles. The normalized spacial score (nSPS) is 13.2. The van der Waals surface area contributed by atoms with E-state index in [9.17, 15) is 14.0 Å². The van der Waals surface area contributed by atoms with Crippen LogP contribution in [0.4, 0.5) is 4.39 Å². The van der Waals surface area contributed by atoms with Gasteiger partial charge in [0.25, 0.3) is 5.91 Å². The number of nitrogens with one attached hydrogen (secondary N) is 1. The van der Waals surface area contributed by atoms with Gasteiger partial charge in [-0.1, -0.05) is 6.92 Å².